The molecule has 3 aromatic rings. The normalized spacial score (nSPS) is 11.2. The van der Waals surface area contributed by atoms with Gasteiger partial charge in [-0.2, -0.15) is 0 Å². The Bertz CT molecular complexity index is 1200. The molecule has 11 nitrogen and oxygen atoms in total. The number of carbonyl (C=O) groups excluding carboxylic acids is 1. The molecule has 3 rings (SSSR count). The monoisotopic (exact) mass is 492 g/mol. The first kappa shape index (κ1) is 24.4. The van der Waals surface area contributed by atoms with Crippen molar-refractivity contribution in [2.75, 3.05) is 25.3 Å². The van der Waals surface area contributed by atoms with Gasteiger partial charge in [0.25, 0.3) is 0 Å². The van der Waals surface area contributed by atoms with Crippen molar-refractivity contribution in [2.24, 2.45) is 5.14 Å². The van der Waals surface area contributed by atoms with Gasteiger partial charge in [-0.3, -0.25) is 4.79 Å². The van der Waals surface area contributed by atoms with Gasteiger partial charge >= 0.3 is 0 Å². The number of thioether (sulfide) groups is 1. The lowest BCUT2D eigenvalue weighted by Gasteiger charge is -2.08. The highest BCUT2D eigenvalue weighted by molar-refractivity contribution is 7.99. The Balaban J connectivity index is 1.42. The Morgan fingerprint density at radius 3 is 2.58 bits per heavy atom. The summed E-state index contributed by atoms with van der Waals surface area (Å²) in [5.74, 6) is 7.60. The van der Waals surface area contributed by atoms with Crippen LogP contribution in [0, 0.1) is 0 Å². The summed E-state index contributed by atoms with van der Waals surface area (Å²) >= 11 is 1.15. The number of carbonyl (C=O) groups is 1. The topological polar surface area (TPSA) is 164 Å². The number of nitrogens with two attached hydrogens (primary N) is 2. The molecule has 176 valence electrons. The molecule has 0 radical (unpaired) electrons. The highest BCUT2D eigenvalue weighted by atomic mass is 32.2. The van der Waals surface area contributed by atoms with E-state index in [1.807, 2.05) is 6.07 Å². The number of ether oxygens (including phenoxy) is 2. The zero-order valence-electron chi connectivity index (χ0n) is 17.8. The summed E-state index contributed by atoms with van der Waals surface area (Å²) in [4.78, 5) is 12.2. The number of hydrogen-bond donors (Lipinski definition) is 3. The lowest BCUT2D eigenvalue weighted by molar-refractivity contribution is -0.118. The average molecular weight is 493 g/mol. The fraction of sp³-hybridized carbons (Fsp3) is 0.250. The largest absolute Gasteiger partial charge is 0.497 e. The molecule has 13 heteroatoms. The number of primary sulfonamides is 1. The molecular formula is C20H24N6O5S2. The lowest BCUT2D eigenvalue weighted by atomic mass is 10.1. The number of sulfonamides is 1. The molecule has 0 saturated carbocycles. The SMILES string of the molecule is COc1cccc(OCc2nnc(SCC(=O)NCCc3ccc(S(N)(=O)=O)cc3)n2N)c1. The van der Waals surface area contributed by atoms with E-state index in [1.54, 1.807) is 37.4 Å². The van der Waals surface area contributed by atoms with Gasteiger partial charge in [-0.1, -0.05) is 30.0 Å². The van der Waals surface area contributed by atoms with Crippen molar-refractivity contribution in [3.63, 3.8) is 0 Å². The first-order valence-corrected chi connectivity index (χ1v) is 12.3. The van der Waals surface area contributed by atoms with Crippen LogP contribution in [0.25, 0.3) is 0 Å². The van der Waals surface area contributed by atoms with Crippen LogP contribution < -0.4 is 25.8 Å². The minimum absolute atomic E-state index is 0.0471. The van der Waals surface area contributed by atoms with Crippen molar-refractivity contribution >= 4 is 27.7 Å². The van der Waals surface area contributed by atoms with Crippen LogP contribution in [0.3, 0.4) is 0 Å². The molecule has 2 aromatic carbocycles. The molecular weight excluding hydrogens is 468 g/mol. The standard InChI is InChI=1S/C20H24N6O5S2/c1-30-15-3-2-4-16(11-15)31-12-18-24-25-20(26(18)21)32-13-19(27)23-10-9-14-5-7-17(8-6-14)33(22,28)29/h2-8,11H,9-10,12-13,21H2,1H3,(H,23,27)(H2,22,28,29). The number of nitrogens with one attached hydrogen (secondary N) is 1. The van der Waals surface area contributed by atoms with Gasteiger partial charge in [0.05, 0.1) is 17.8 Å². The van der Waals surface area contributed by atoms with Gasteiger partial charge in [0.15, 0.2) is 5.82 Å². The maximum Gasteiger partial charge on any atom is 0.238 e. The number of nitrogen functional groups attached to an aromatic ring is 1. The molecule has 0 fully saturated rings. The van der Waals surface area contributed by atoms with Crippen LogP contribution in [0.15, 0.2) is 58.6 Å². The Morgan fingerprint density at radius 1 is 1.15 bits per heavy atom. The molecule has 1 heterocycles. The van der Waals surface area contributed by atoms with E-state index in [-0.39, 0.29) is 23.2 Å². The molecule has 0 aliphatic rings. The van der Waals surface area contributed by atoms with Crippen molar-refractivity contribution < 1.29 is 22.7 Å². The number of hydrogen-bond acceptors (Lipinski definition) is 9. The quantitative estimate of drug-likeness (QED) is 0.258. The Labute approximate surface area is 195 Å². The first-order chi connectivity index (χ1) is 15.8. The van der Waals surface area contributed by atoms with Gasteiger partial charge in [0.1, 0.15) is 18.1 Å². The first-order valence-electron chi connectivity index (χ1n) is 9.73. The van der Waals surface area contributed by atoms with Crippen LogP contribution in [0.5, 0.6) is 11.5 Å². The fourth-order valence-electron chi connectivity index (χ4n) is 2.72. The average Bonchev–Trinajstić information content (AvgIpc) is 3.15. The molecule has 0 atom stereocenters. The second-order valence-electron chi connectivity index (χ2n) is 6.81. The summed E-state index contributed by atoms with van der Waals surface area (Å²) < 4.78 is 34.6. The van der Waals surface area contributed by atoms with E-state index in [0.29, 0.717) is 35.4 Å². The lowest BCUT2D eigenvalue weighted by Crippen LogP contribution is -2.27. The van der Waals surface area contributed by atoms with Crippen LogP contribution in [0.2, 0.25) is 0 Å². The van der Waals surface area contributed by atoms with Crippen LogP contribution in [-0.4, -0.2) is 48.6 Å². The number of methoxy groups -OCH3 is 1. The maximum absolute atomic E-state index is 12.1. The second kappa shape index (κ2) is 11.0. The van der Waals surface area contributed by atoms with Crippen LogP contribution in [0.4, 0.5) is 0 Å². The second-order valence-corrected chi connectivity index (χ2v) is 9.32. The Kier molecular flexibility index (Phi) is 8.14. The minimum atomic E-state index is -3.72. The van der Waals surface area contributed by atoms with Gasteiger partial charge in [0, 0.05) is 12.6 Å². The number of benzene rings is 2. The summed E-state index contributed by atoms with van der Waals surface area (Å²) in [7, 11) is -2.15. The van der Waals surface area contributed by atoms with Gasteiger partial charge < -0.3 is 20.6 Å². The van der Waals surface area contributed by atoms with E-state index in [4.69, 9.17) is 20.5 Å². The zero-order chi connectivity index (χ0) is 23.8. The third kappa shape index (κ3) is 7.10. The van der Waals surface area contributed by atoms with E-state index in [0.717, 1.165) is 17.3 Å². The highest BCUT2D eigenvalue weighted by Crippen LogP contribution is 2.20. The predicted octanol–water partition coefficient (Wildman–Crippen LogP) is 0.678. The van der Waals surface area contributed by atoms with E-state index in [9.17, 15) is 13.2 Å². The molecule has 1 amide bonds. The predicted molar refractivity (Wildman–Crippen MR) is 123 cm³/mol. The summed E-state index contributed by atoms with van der Waals surface area (Å²) in [6.07, 6.45) is 0.542. The molecule has 0 aliphatic heterocycles. The van der Waals surface area contributed by atoms with Crippen LogP contribution in [0.1, 0.15) is 11.4 Å². The van der Waals surface area contributed by atoms with Crippen molar-refractivity contribution in [3.8, 4) is 11.5 Å². The molecule has 0 saturated heterocycles. The van der Waals surface area contributed by atoms with Crippen molar-refractivity contribution in [2.45, 2.75) is 23.1 Å². The van der Waals surface area contributed by atoms with Gasteiger partial charge in [-0.15, -0.1) is 10.2 Å². The van der Waals surface area contributed by atoms with Crippen molar-refractivity contribution in [1.29, 1.82) is 0 Å². The fourth-order valence-corrected chi connectivity index (χ4v) is 3.94. The smallest absolute Gasteiger partial charge is 0.238 e. The van der Waals surface area contributed by atoms with Crippen molar-refractivity contribution in [1.82, 2.24) is 20.2 Å². The Morgan fingerprint density at radius 2 is 1.88 bits per heavy atom. The molecule has 33 heavy (non-hydrogen) atoms. The zero-order valence-corrected chi connectivity index (χ0v) is 19.4. The van der Waals surface area contributed by atoms with Gasteiger partial charge in [-0.25, -0.2) is 18.2 Å². The molecule has 0 spiro atoms. The highest BCUT2D eigenvalue weighted by Gasteiger charge is 2.13. The van der Waals surface area contributed by atoms with Gasteiger partial charge in [0.2, 0.25) is 21.1 Å². The third-order valence-corrected chi connectivity index (χ3v) is 6.34. The Hall–Kier alpha value is -3.29. The van der Waals surface area contributed by atoms with E-state index in [2.05, 4.69) is 15.5 Å². The molecule has 0 unspecified atom stereocenters. The van der Waals surface area contributed by atoms with E-state index >= 15 is 0 Å². The minimum Gasteiger partial charge on any atom is -0.497 e. The van der Waals surface area contributed by atoms with Crippen LogP contribution in [-0.2, 0) is 27.8 Å². The number of amides is 1. The summed E-state index contributed by atoms with van der Waals surface area (Å²) in [5.41, 5.74) is 0.873. The van der Waals surface area contributed by atoms with Crippen molar-refractivity contribution in [3.05, 3.63) is 59.9 Å². The van der Waals surface area contributed by atoms with E-state index < -0.39 is 10.0 Å². The number of aromatic nitrogens is 3. The third-order valence-electron chi connectivity index (χ3n) is 4.46. The molecule has 5 N–H and O–H groups in total. The molecule has 0 aliphatic carbocycles. The summed E-state index contributed by atoms with van der Waals surface area (Å²) in [6, 6.07) is 13.3. The van der Waals surface area contributed by atoms with Crippen LogP contribution >= 0.6 is 11.8 Å². The summed E-state index contributed by atoms with van der Waals surface area (Å²) in [5, 5.41) is 16.3. The molecule has 1 aromatic heterocycles. The molecule has 0 bridgehead atoms. The number of nitrogens with zero attached hydrogens (tertiary/aromatic N) is 3. The van der Waals surface area contributed by atoms with Gasteiger partial charge in [-0.05, 0) is 36.2 Å². The number of rotatable bonds is 11. The maximum atomic E-state index is 12.1. The van der Waals surface area contributed by atoms with E-state index in [1.165, 1.54) is 16.8 Å². The summed E-state index contributed by atoms with van der Waals surface area (Å²) in [6.45, 7) is 0.497.